The van der Waals surface area contributed by atoms with Crippen LogP contribution in [0.5, 0.6) is 0 Å². The summed E-state index contributed by atoms with van der Waals surface area (Å²) in [6, 6.07) is 1.63. The van der Waals surface area contributed by atoms with Crippen LogP contribution in [0, 0.1) is 13.8 Å². The fourth-order valence-electron chi connectivity index (χ4n) is 1.21. The molecule has 0 bridgehead atoms. The average Bonchev–Trinajstić information content (AvgIpc) is 2.12. The third-order valence-electron chi connectivity index (χ3n) is 1.80. The third-order valence-corrected chi connectivity index (χ3v) is 1.80. The van der Waals surface area contributed by atoms with E-state index in [0.29, 0.717) is 11.6 Å². The Morgan fingerprint density at radius 3 is 2.56 bits per heavy atom. The van der Waals surface area contributed by atoms with Crippen molar-refractivity contribution in [3.63, 3.8) is 0 Å². The summed E-state index contributed by atoms with van der Waals surface area (Å²) in [7, 11) is 0. The van der Waals surface area contributed by atoms with Gasteiger partial charge in [0.15, 0.2) is 0 Å². The number of aliphatic carboxylic acids is 1. The molecule has 86 valence electrons. The molecule has 0 fully saturated rings. The Morgan fingerprint density at radius 1 is 1.31 bits per heavy atom. The van der Waals surface area contributed by atoms with Gasteiger partial charge in [0.1, 0.15) is 11.6 Å². The molecule has 1 rings (SSSR count). The van der Waals surface area contributed by atoms with Crippen molar-refractivity contribution in [2.24, 2.45) is 0 Å². The number of amides is 1. The van der Waals surface area contributed by atoms with E-state index < -0.39 is 5.97 Å². The predicted octanol–water partition coefficient (Wildman–Crippen LogP) is 0.897. The summed E-state index contributed by atoms with van der Waals surface area (Å²) in [5, 5.41) is 10.9. The Morgan fingerprint density at radius 2 is 2.00 bits per heavy atom. The number of carboxylic acid groups (broad SMARTS) is 1. The number of aryl methyl sites for hydroxylation is 2. The summed E-state index contributed by atoms with van der Waals surface area (Å²) < 4.78 is 0. The molecular weight excluding hydrogens is 210 g/mol. The minimum absolute atomic E-state index is 0.0581. The van der Waals surface area contributed by atoms with Crippen molar-refractivity contribution in [3.05, 3.63) is 17.6 Å². The van der Waals surface area contributed by atoms with Crippen LogP contribution in [0.1, 0.15) is 24.4 Å². The van der Waals surface area contributed by atoms with Crippen molar-refractivity contribution >= 4 is 17.7 Å². The Kier molecular flexibility index (Phi) is 3.93. The number of rotatable bonds is 4. The Bertz CT molecular complexity index is 398. The summed E-state index contributed by atoms with van der Waals surface area (Å²) in [6.07, 6.45) is -0.244. The molecule has 0 aliphatic rings. The van der Waals surface area contributed by atoms with Gasteiger partial charge in [0.25, 0.3) is 0 Å². The first-order valence-corrected chi connectivity index (χ1v) is 4.81. The topological polar surface area (TPSA) is 92.2 Å². The lowest BCUT2D eigenvalue weighted by molar-refractivity contribution is -0.138. The van der Waals surface area contributed by atoms with Crippen LogP contribution in [0.25, 0.3) is 0 Å². The molecule has 0 saturated carbocycles. The van der Waals surface area contributed by atoms with Gasteiger partial charge < -0.3 is 10.4 Å². The van der Waals surface area contributed by atoms with Gasteiger partial charge in [-0.05, 0) is 13.8 Å². The maximum absolute atomic E-state index is 11.3. The molecule has 2 N–H and O–H groups in total. The zero-order chi connectivity index (χ0) is 12.1. The van der Waals surface area contributed by atoms with Crippen molar-refractivity contribution in [1.82, 2.24) is 9.97 Å². The van der Waals surface area contributed by atoms with E-state index in [4.69, 9.17) is 5.11 Å². The number of anilines is 1. The lowest BCUT2D eigenvalue weighted by Gasteiger charge is -2.04. The van der Waals surface area contributed by atoms with Crippen LogP contribution < -0.4 is 5.32 Å². The molecule has 6 heteroatoms. The van der Waals surface area contributed by atoms with Crippen molar-refractivity contribution in [1.29, 1.82) is 0 Å². The molecule has 1 aromatic heterocycles. The number of aromatic nitrogens is 2. The molecule has 0 unspecified atom stereocenters. The van der Waals surface area contributed by atoms with Gasteiger partial charge in [-0.1, -0.05) is 0 Å². The van der Waals surface area contributed by atoms with Crippen LogP contribution >= 0.6 is 0 Å². The Balaban J connectivity index is 2.59. The highest BCUT2D eigenvalue weighted by molar-refractivity contribution is 5.91. The highest BCUT2D eigenvalue weighted by Crippen LogP contribution is 2.06. The van der Waals surface area contributed by atoms with Crippen LogP contribution in [-0.4, -0.2) is 27.0 Å². The molecule has 0 aromatic carbocycles. The third kappa shape index (κ3) is 4.04. The summed E-state index contributed by atoms with van der Waals surface area (Å²) in [5.41, 5.74) is 0.751. The first kappa shape index (κ1) is 12.1. The first-order chi connectivity index (χ1) is 7.47. The van der Waals surface area contributed by atoms with Crippen LogP contribution in [0.3, 0.4) is 0 Å². The second-order valence-electron chi connectivity index (χ2n) is 3.38. The lowest BCUT2D eigenvalue weighted by Crippen LogP contribution is -2.14. The SMILES string of the molecule is Cc1cc(NC(=O)CCC(=O)O)nc(C)n1. The van der Waals surface area contributed by atoms with E-state index in [1.165, 1.54) is 0 Å². The van der Waals surface area contributed by atoms with Gasteiger partial charge >= 0.3 is 5.97 Å². The second kappa shape index (κ2) is 5.20. The molecule has 1 heterocycles. The van der Waals surface area contributed by atoms with Crippen LogP contribution in [0.4, 0.5) is 5.82 Å². The minimum Gasteiger partial charge on any atom is -0.481 e. The number of carboxylic acids is 1. The van der Waals surface area contributed by atoms with E-state index in [2.05, 4.69) is 15.3 Å². The van der Waals surface area contributed by atoms with Crippen molar-refractivity contribution < 1.29 is 14.7 Å². The van der Waals surface area contributed by atoms with Gasteiger partial charge in [-0.15, -0.1) is 0 Å². The molecule has 0 aliphatic heterocycles. The molecule has 6 nitrogen and oxygen atoms in total. The smallest absolute Gasteiger partial charge is 0.303 e. The monoisotopic (exact) mass is 223 g/mol. The van der Waals surface area contributed by atoms with E-state index in [1.54, 1.807) is 19.9 Å². The summed E-state index contributed by atoms with van der Waals surface area (Å²) in [5.74, 6) is -0.390. The fraction of sp³-hybridized carbons (Fsp3) is 0.400. The zero-order valence-electron chi connectivity index (χ0n) is 9.15. The number of carbonyl (C=O) groups is 2. The predicted molar refractivity (Wildman–Crippen MR) is 57.0 cm³/mol. The Labute approximate surface area is 92.7 Å². The summed E-state index contributed by atoms with van der Waals surface area (Å²) in [6.45, 7) is 3.52. The van der Waals surface area contributed by atoms with Crippen molar-refractivity contribution in [2.75, 3.05) is 5.32 Å². The quantitative estimate of drug-likeness (QED) is 0.791. The van der Waals surface area contributed by atoms with Crippen molar-refractivity contribution in [3.8, 4) is 0 Å². The second-order valence-corrected chi connectivity index (χ2v) is 3.38. The van der Waals surface area contributed by atoms with Crippen LogP contribution in [0.2, 0.25) is 0 Å². The molecular formula is C10H13N3O3. The molecule has 16 heavy (non-hydrogen) atoms. The van der Waals surface area contributed by atoms with Gasteiger partial charge in [0.2, 0.25) is 5.91 Å². The van der Waals surface area contributed by atoms with E-state index >= 15 is 0 Å². The standard InChI is InChI=1S/C10H13N3O3/c1-6-5-8(12-7(2)11-6)13-9(14)3-4-10(15)16/h5H,3-4H2,1-2H3,(H,15,16)(H,11,12,13,14). The van der Waals surface area contributed by atoms with E-state index in [1.807, 2.05) is 0 Å². The fourth-order valence-corrected chi connectivity index (χ4v) is 1.21. The molecule has 1 amide bonds. The van der Waals surface area contributed by atoms with Gasteiger partial charge in [-0.2, -0.15) is 0 Å². The highest BCUT2D eigenvalue weighted by atomic mass is 16.4. The Hall–Kier alpha value is -1.98. The lowest BCUT2D eigenvalue weighted by atomic mass is 10.3. The maximum atomic E-state index is 11.3. The first-order valence-electron chi connectivity index (χ1n) is 4.81. The van der Waals surface area contributed by atoms with Gasteiger partial charge in [-0.25, -0.2) is 9.97 Å². The van der Waals surface area contributed by atoms with E-state index in [0.717, 1.165) is 5.69 Å². The van der Waals surface area contributed by atoms with Crippen LogP contribution in [0.15, 0.2) is 6.07 Å². The van der Waals surface area contributed by atoms with Gasteiger partial charge in [0.05, 0.1) is 6.42 Å². The molecule has 0 spiro atoms. The van der Waals surface area contributed by atoms with E-state index in [-0.39, 0.29) is 18.7 Å². The number of nitrogens with one attached hydrogen (secondary N) is 1. The number of carbonyl (C=O) groups excluding carboxylic acids is 1. The normalized spacial score (nSPS) is 9.88. The number of hydrogen-bond donors (Lipinski definition) is 2. The van der Waals surface area contributed by atoms with E-state index in [9.17, 15) is 9.59 Å². The maximum Gasteiger partial charge on any atom is 0.303 e. The zero-order valence-corrected chi connectivity index (χ0v) is 9.15. The van der Waals surface area contributed by atoms with Gasteiger partial charge in [0, 0.05) is 18.2 Å². The highest BCUT2D eigenvalue weighted by Gasteiger charge is 2.07. The molecule has 0 saturated heterocycles. The molecule has 1 aromatic rings. The summed E-state index contributed by atoms with van der Waals surface area (Å²) in [4.78, 5) is 29.6. The minimum atomic E-state index is -0.995. The summed E-state index contributed by atoms with van der Waals surface area (Å²) >= 11 is 0. The molecule has 0 radical (unpaired) electrons. The van der Waals surface area contributed by atoms with Crippen LogP contribution in [-0.2, 0) is 9.59 Å². The largest absolute Gasteiger partial charge is 0.481 e. The average molecular weight is 223 g/mol. The van der Waals surface area contributed by atoms with Gasteiger partial charge in [-0.3, -0.25) is 9.59 Å². The number of nitrogens with zero attached hydrogens (tertiary/aromatic N) is 2. The van der Waals surface area contributed by atoms with Crippen molar-refractivity contribution in [2.45, 2.75) is 26.7 Å². The molecule has 0 aliphatic carbocycles. The number of hydrogen-bond acceptors (Lipinski definition) is 4. The molecule has 0 atom stereocenters.